The minimum atomic E-state index is -0.623. The summed E-state index contributed by atoms with van der Waals surface area (Å²) in [6.07, 6.45) is 2.57. The molecule has 0 aromatic heterocycles. The van der Waals surface area contributed by atoms with Crippen molar-refractivity contribution >= 4 is 11.8 Å². The fourth-order valence-electron chi connectivity index (χ4n) is 3.90. The van der Waals surface area contributed by atoms with E-state index in [1.807, 2.05) is 84.9 Å². The molecule has 5 heteroatoms. The zero-order valence-corrected chi connectivity index (χ0v) is 20.1. The summed E-state index contributed by atoms with van der Waals surface area (Å²) in [7, 11) is 1.62. The Bertz CT molecular complexity index is 1040. The van der Waals surface area contributed by atoms with Crippen LogP contribution in [0.3, 0.4) is 0 Å². The average Bonchev–Trinajstić information content (AvgIpc) is 2.87. The first-order valence-corrected chi connectivity index (χ1v) is 11.9. The molecule has 1 N–H and O–H groups in total. The lowest BCUT2D eigenvalue weighted by atomic mass is 10.0. The Labute approximate surface area is 202 Å². The van der Waals surface area contributed by atoms with Gasteiger partial charge in [-0.1, -0.05) is 86.1 Å². The van der Waals surface area contributed by atoms with Crippen molar-refractivity contribution in [3.8, 4) is 5.75 Å². The van der Waals surface area contributed by atoms with E-state index in [4.69, 9.17) is 4.74 Å². The van der Waals surface area contributed by atoms with Crippen LogP contribution in [-0.2, 0) is 29.0 Å². The van der Waals surface area contributed by atoms with Crippen LogP contribution in [0.1, 0.15) is 36.5 Å². The number of unbranched alkanes of at least 4 members (excludes halogenated alkanes) is 1. The number of nitrogens with one attached hydrogen (secondary N) is 1. The highest BCUT2D eigenvalue weighted by atomic mass is 16.5. The summed E-state index contributed by atoms with van der Waals surface area (Å²) in [5.74, 6) is 0.516. The molecule has 0 spiro atoms. The first-order valence-electron chi connectivity index (χ1n) is 11.9. The molecule has 0 aliphatic heterocycles. The Morgan fingerprint density at radius 3 is 2.18 bits per heavy atom. The third-order valence-corrected chi connectivity index (χ3v) is 5.79. The molecule has 3 aromatic rings. The minimum absolute atomic E-state index is 0.0828. The van der Waals surface area contributed by atoms with E-state index in [-0.39, 0.29) is 18.2 Å². The van der Waals surface area contributed by atoms with Crippen molar-refractivity contribution in [1.82, 2.24) is 10.2 Å². The summed E-state index contributed by atoms with van der Waals surface area (Å²) in [4.78, 5) is 28.8. The Balaban J connectivity index is 1.93. The zero-order valence-electron chi connectivity index (χ0n) is 20.1. The number of methoxy groups -OCH3 is 1. The molecular formula is C29H34N2O3. The number of carbonyl (C=O) groups excluding carboxylic acids is 2. The second-order valence-corrected chi connectivity index (χ2v) is 8.39. The van der Waals surface area contributed by atoms with Gasteiger partial charge in [-0.05, 0) is 35.2 Å². The van der Waals surface area contributed by atoms with E-state index in [1.54, 1.807) is 12.0 Å². The maximum absolute atomic E-state index is 13.7. The second kappa shape index (κ2) is 13.2. The first-order chi connectivity index (χ1) is 16.6. The van der Waals surface area contributed by atoms with Crippen molar-refractivity contribution < 1.29 is 14.3 Å². The van der Waals surface area contributed by atoms with E-state index in [1.165, 1.54) is 0 Å². The Kier molecular flexibility index (Phi) is 9.71. The van der Waals surface area contributed by atoms with E-state index in [9.17, 15) is 9.59 Å². The van der Waals surface area contributed by atoms with Crippen molar-refractivity contribution in [2.24, 2.45) is 0 Å². The first kappa shape index (κ1) is 25.0. The lowest BCUT2D eigenvalue weighted by Gasteiger charge is -2.32. The van der Waals surface area contributed by atoms with Gasteiger partial charge in [-0.3, -0.25) is 9.59 Å². The molecule has 1 atom stereocenters. The standard InChI is InChI=1S/C29H34N2O3/c1-3-4-18-30-29(33)27(20-23-12-7-5-8-13-23)31(22-25-16-11-17-26(19-25)34-2)28(32)21-24-14-9-6-10-15-24/h5-17,19,27H,3-4,18,20-22H2,1-2H3,(H,30,33)/t27-/m0/s1. The van der Waals surface area contributed by atoms with Crippen LogP contribution in [0.15, 0.2) is 84.9 Å². The normalized spacial score (nSPS) is 11.5. The van der Waals surface area contributed by atoms with E-state index < -0.39 is 6.04 Å². The fourth-order valence-corrected chi connectivity index (χ4v) is 3.90. The molecule has 0 aliphatic rings. The number of benzene rings is 3. The number of ether oxygens (including phenoxy) is 1. The molecule has 0 radical (unpaired) electrons. The van der Waals surface area contributed by atoms with Crippen LogP contribution in [-0.4, -0.2) is 36.4 Å². The lowest BCUT2D eigenvalue weighted by Crippen LogP contribution is -2.51. The van der Waals surface area contributed by atoms with Crippen LogP contribution in [0.4, 0.5) is 0 Å². The molecule has 34 heavy (non-hydrogen) atoms. The number of carbonyl (C=O) groups is 2. The van der Waals surface area contributed by atoms with Crippen molar-refractivity contribution in [1.29, 1.82) is 0 Å². The fraction of sp³-hybridized carbons (Fsp3) is 0.310. The second-order valence-electron chi connectivity index (χ2n) is 8.39. The molecule has 0 heterocycles. The van der Waals surface area contributed by atoms with Gasteiger partial charge in [0.05, 0.1) is 13.5 Å². The molecule has 3 aromatic carbocycles. The van der Waals surface area contributed by atoms with E-state index >= 15 is 0 Å². The van der Waals surface area contributed by atoms with Crippen molar-refractivity contribution in [3.63, 3.8) is 0 Å². The summed E-state index contributed by atoms with van der Waals surface area (Å²) >= 11 is 0. The topological polar surface area (TPSA) is 58.6 Å². The molecular weight excluding hydrogens is 424 g/mol. The van der Waals surface area contributed by atoms with Gasteiger partial charge in [-0.25, -0.2) is 0 Å². The molecule has 0 aliphatic carbocycles. The van der Waals surface area contributed by atoms with Gasteiger partial charge >= 0.3 is 0 Å². The van der Waals surface area contributed by atoms with Crippen LogP contribution < -0.4 is 10.1 Å². The summed E-state index contributed by atoms with van der Waals surface area (Å²) in [6.45, 7) is 3.01. The summed E-state index contributed by atoms with van der Waals surface area (Å²) in [5.41, 5.74) is 2.86. The Hall–Kier alpha value is -3.60. The quantitative estimate of drug-likeness (QED) is 0.397. The lowest BCUT2D eigenvalue weighted by molar-refractivity contribution is -0.140. The van der Waals surface area contributed by atoms with Crippen molar-refractivity contribution in [2.45, 2.75) is 45.2 Å². The third kappa shape index (κ3) is 7.48. The average molecular weight is 459 g/mol. The third-order valence-electron chi connectivity index (χ3n) is 5.79. The zero-order chi connectivity index (χ0) is 24.2. The summed E-state index contributed by atoms with van der Waals surface area (Å²) in [5, 5.41) is 3.05. The summed E-state index contributed by atoms with van der Waals surface area (Å²) < 4.78 is 5.38. The molecule has 3 rings (SSSR count). The van der Waals surface area contributed by atoms with Gasteiger partial charge in [-0.15, -0.1) is 0 Å². The number of hydrogen-bond donors (Lipinski definition) is 1. The molecule has 0 fully saturated rings. The van der Waals surface area contributed by atoms with Crippen molar-refractivity contribution in [3.05, 3.63) is 102 Å². The molecule has 2 amide bonds. The highest BCUT2D eigenvalue weighted by Gasteiger charge is 2.30. The minimum Gasteiger partial charge on any atom is -0.497 e. The maximum Gasteiger partial charge on any atom is 0.243 e. The van der Waals surface area contributed by atoms with Crippen LogP contribution in [0.5, 0.6) is 5.75 Å². The SMILES string of the molecule is CCCCNC(=O)[C@H](Cc1ccccc1)N(Cc1cccc(OC)c1)C(=O)Cc1ccccc1. The number of amides is 2. The predicted octanol–water partition coefficient (Wildman–Crippen LogP) is 4.79. The molecule has 0 unspecified atom stereocenters. The van der Waals surface area contributed by atoms with Gasteiger partial charge in [-0.2, -0.15) is 0 Å². The highest BCUT2D eigenvalue weighted by Crippen LogP contribution is 2.19. The molecule has 178 valence electrons. The monoisotopic (exact) mass is 458 g/mol. The van der Waals surface area contributed by atoms with E-state index in [0.29, 0.717) is 19.5 Å². The molecule has 5 nitrogen and oxygen atoms in total. The largest absolute Gasteiger partial charge is 0.497 e. The Morgan fingerprint density at radius 2 is 1.53 bits per heavy atom. The molecule has 0 saturated carbocycles. The highest BCUT2D eigenvalue weighted by molar-refractivity contribution is 5.88. The van der Waals surface area contributed by atoms with Crippen molar-refractivity contribution in [2.75, 3.05) is 13.7 Å². The molecule has 0 bridgehead atoms. The van der Waals surface area contributed by atoms with Gasteiger partial charge in [0, 0.05) is 19.5 Å². The van der Waals surface area contributed by atoms with Gasteiger partial charge in [0.1, 0.15) is 11.8 Å². The van der Waals surface area contributed by atoms with Gasteiger partial charge in [0.2, 0.25) is 11.8 Å². The number of nitrogens with zero attached hydrogens (tertiary/aromatic N) is 1. The number of rotatable bonds is 12. The Morgan fingerprint density at radius 1 is 0.882 bits per heavy atom. The van der Waals surface area contributed by atoms with Gasteiger partial charge < -0.3 is 15.0 Å². The number of hydrogen-bond acceptors (Lipinski definition) is 3. The van der Waals surface area contributed by atoms with Crippen LogP contribution >= 0.6 is 0 Å². The maximum atomic E-state index is 13.7. The smallest absolute Gasteiger partial charge is 0.243 e. The van der Waals surface area contributed by atoms with Crippen LogP contribution in [0.2, 0.25) is 0 Å². The summed E-state index contributed by atoms with van der Waals surface area (Å²) in [6, 6.07) is 26.6. The van der Waals surface area contributed by atoms with Crippen LogP contribution in [0, 0.1) is 0 Å². The van der Waals surface area contributed by atoms with E-state index in [0.717, 1.165) is 35.3 Å². The van der Waals surface area contributed by atoms with E-state index in [2.05, 4.69) is 12.2 Å². The molecule has 0 saturated heterocycles. The van der Waals surface area contributed by atoms with Gasteiger partial charge in [0.25, 0.3) is 0 Å². The predicted molar refractivity (Wildman–Crippen MR) is 136 cm³/mol. The van der Waals surface area contributed by atoms with Crippen LogP contribution in [0.25, 0.3) is 0 Å². The van der Waals surface area contributed by atoms with Gasteiger partial charge in [0.15, 0.2) is 0 Å².